The van der Waals surface area contributed by atoms with Gasteiger partial charge in [-0.25, -0.2) is 4.79 Å². The molecule has 0 aliphatic carbocycles. The van der Waals surface area contributed by atoms with Gasteiger partial charge in [-0.05, 0) is 37.1 Å². The van der Waals surface area contributed by atoms with Crippen LogP contribution in [0.25, 0.3) is 0 Å². The van der Waals surface area contributed by atoms with E-state index in [1.165, 1.54) is 7.11 Å². The number of anilines is 1. The maximum atomic E-state index is 11.7. The molecule has 98 valence electrons. The number of hydrogen-bond acceptors (Lipinski definition) is 5. The van der Waals surface area contributed by atoms with Gasteiger partial charge < -0.3 is 15.2 Å². The molecular weight excluding hydrogens is 234 g/mol. The summed E-state index contributed by atoms with van der Waals surface area (Å²) >= 11 is 0. The van der Waals surface area contributed by atoms with Crippen LogP contribution in [0.5, 0.6) is 0 Å². The van der Waals surface area contributed by atoms with Crippen LogP contribution in [0, 0.1) is 6.92 Å². The first kappa shape index (κ1) is 14.0. The molecule has 0 aliphatic rings. The monoisotopic (exact) mass is 251 g/mol. The summed E-state index contributed by atoms with van der Waals surface area (Å²) in [5.74, 6) is -0.716. The molecule has 0 bridgehead atoms. The molecule has 5 nitrogen and oxygen atoms in total. The fourth-order valence-corrected chi connectivity index (χ4v) is 1.48. The van der Waals surface area contributed by atoms with Gasteiger partial charge in [0, 0.05) is 12.1 Å². The first-order chi connectivity index (χ1) is 8.54. The average molecular weight is 251 g/mol. The van der Waals surface area contributed by atoms with Crippen molar-refractivity contribution in [1.29, 1.82) is 0 Å². The minimum Gasteiger partial charge on any atom is -0.469 e. The number of hydrogen-bond donors (Lipinski definition) is 1. The molecule has 0 heterocycles. The number of carbonyl (C=O) groups excluding carboxylic acids is 2. The first-order valence-electron chi connectivity index (χ1n) is 5.64. The van der Waals surface area contributed by atoms with Crippen molar-refractivity contribution in [2.24, 2.45) is 0 Å². The van der Waals surface area contributed by atoms with Gasteiger partial charge in [0.1, 0.15) is 0 Å². The van der Waals surface area contributed by atoms with Crippen molar-refractivity contribution in [2.75, 3.05) is 19.5 Å². The summed E-state index contributed by atoms with van der Waals surface area (Å²) in [5.41, 5.74) is 7.46. The van der Waals surface area contributed by atoms with E-state index < -0.39 is 5.97 Å². The van der Waals surface area contributed by atoms with Crippen LogP contribution < -0.4 is 5.73 Å². The minimum atomic E-state index is -0.405. The topological polar surface area (TPSA) is 78.6 Å². The second-order valence-electron chi connectivity index (χ2n) is 3.89. The highest BCUT2D eigenvalue weighted by Gasteiger charge is 2.10. The molecule has 0 amide bonds. The van der Waals surface area contributed by atoms with Crippen LogP contribution in [0.4, 0.5) is 5.69 Å². The average Bonchev–Trinajstić information content (AvgIpc) is 2.34. The maximum absolute atomic E-state index is 11.7. The maximum Gasteiger partial charge on any atom is 0.338 e. The van der Waals surface area contributed by atoms with E-state index in [2.05, 4.69) is 4.74 Å². The number of nitrogens with two attached hydrogens (primary N) is 1. The van der Waals surface area contributed by atoms with Crippen LogP contribution in [0.1, 0.15) is 28.8 Å². The van der Waals surface area contributed by atoms with Crippen molar-refractivity contribution in [1.82, 2.24) is 0 Å². The number of esters is 2. The summed E-state index contributed by atoms with van der Waals surface area (Å²) in [5, 5.41) is 0. The highest BCUT2D eigenvalue weighted by Crippen LogP contribution is 2.13. The van der Waals surface area contributed by atoms with Gasteiger partial charge >= 0.3 is 11.9 Å². The molecule has 0 radical (unpaired) electrons. The van der Waals surface area contributed by atoms with E-state index in [-0.39, 0.29) is 19.0 Å². The Hall–Kier alpha value is -2.04. The van der Waals surface area contributed by atoms with Gasteiger partial charge in [0.25, 0.3) is 0 Å². The molecule has 1 aromatic carbocycles. The van der Waals surface area contributed by atoms with E-state index in [1.54, 1.807) is 25.1 Å². The van der Waals surface area contributed by atoms with E-state index in [1.807, 2.05) is 0 Å². The van der Waals surface area contributed by atoms with Gasteiger partial charge in [0.15, 0.2) is 0 Å². The SMILES string of the molecule is COC(=O)CCCOC(=O)c1ccc(N)cc1C. The van der Waals surface area contributed by atoms with Gasteiger partial charge in [-0.2, -0.15) is 0 Å². The Balaban J connectivity index is 2.43. The van der Waals surface area contributed by atoms with Crippen LogP contribution in [0.15, 0.2) is 18.2 Å². The third-order valence-corrected chi connectivity index (χ3v) is 2.46. The van der Waals surface area contributed by atoms with Gasteiger partial charge in [-0.15, -0.1) is 0 Å². The molecule has 0 saturated carbocycles. The lowest BCUT2D eigenvalue weighted by Crippen LogP contribution is -2.10. The third-order valence-electron chi connectivity index (χ3n) is 2.46. The number of nitrogen functional groups attached to an aromatic ring is 1. The largest absolute Gasteiger partial charge is 0.469 e. The zero-order chi connectivity index (χ0) is 13.5. The smallest absolute Gasteiger partial charge is 0.338 e. The highest BCUT2D eigenvalue weighted by molar-refractivity contribution is 5.91. The van der Waals surface area contributed by atoms with Crippen LogP contribution in [-0.2, 0) is 14.3 Å². The minimum absolute atomic E-state index is 0.192. The van der Waals surface area contributed by atoms with Gasteiger partial charge in [0.05, 0.1) is 19.3 Å². The Bertz CT molecular complexity index is 443. The second kappa shape index (κ2) is 6.64. The molecule has 0 atom stereocenters. The number of rotatable bonds is 5. The molecule has 0 aliphatic heterocycles. The van der Waals surface area contributed by atoms with Crippen LogP contribution in [0.3, 0.4) is 0 Å². The highest BCUT2D eigenvalue weighted by atomic mass is 16.5. The third kappa shape index (κ3) is 4.08. The number of aryl methyl sites for hydroxylation is 1. The zero-order valence-electron chi connectivity index (χ0n) is 10.6. The fraction of sp³-hybridized carbons (Fsp3) is 0.385. The molecule has 0 saturated heterocycles. The summed E-state index contributed by atoms with van der Waals surface area (Å²) in [4.78, 5) is 22.6. The molecule has 0 spiro atoms. The Morgan fingerprint density at radius 2 is 2.06 bits per heavy atom. The Morgan fingerprint density at radius 3 is 2.67 bits per heavy atom. The van der Waals surface area contributed by atoms with Crippen LogP contribution >= 0.6 is 0 Å². The Labute approximate surface area is 106 Å². The molecule has 1 aromatic rings. The second-order valence-corrected chi connectivity index (χ2v) is 3.89. The van der Waals surface area contributed by atoms with E-state index in [0.717, 1.165) is 5.56 Å². The van der Waals surface area contributed by atoms with Crippen molar-refractivity contribution in [3.8, 4) is 0 Å². The normalized spacial score (nSPS) is 9.89. The van der Waals surface area contributed by atoms with E-state index in [4.69, 9.17) is 10.5 Å². The molecule has 2 N–H and O–H groups in total. The summed E-state index contributed by atoms with van der Waals surface area (Å²) in [6.07, 6.45) is 0.691. The number of carbonyl (C=O) groups is 2. The first-order valence-corrected chi connectivity index (χ1v) is 5.64. The molecule has 18 heavy (non-hydrogen) atoms. The zero-order valence-corrected chi connectivity index (χ0v) is 10.6. The standard InChI is InChI=1S/C13H17NO4/c1-9-8-10(14)5-6-11(9)13(16)18-7-3-4-12(15)17-2/h5-6,8H,3-4,7,14H2,1-2H3. The van der Waals surface area contributed by atoms with E-state index in [9.17, 15) is 9.59 Å². The van der Waals surface area contributed by atoms with Crippen LogP contribution in [0.2, 0.25) is 0 Å². The van der Waals surface area contributed by atoms with E-state index >= 15 is 0 Å². The van der Waals surface area contributed by atoms with Crippen molar-refractivity contribution in [3.63, 3.8) is 0 Å². The molecule has 5 heteroatoms. The lowest BCUT2D eigenvalue weighted by atomic mass is 10.1. The molecule has 1 rings (SSSR count). The summed E-state index contributed by atoms with van der Waals surface area (Å²) in [6, 6.07) is 5.00. The summed E-state index contributed by atoms with van der Waals surface area (Å²) in [6.45, 7) is 1.99. The quantitative estimate of drug-likeness (QED) is 0.489. The predicted molar refractivity (Wildman–Crippen MR) is 67.1 cm³/mol. The van der Waals surface area contributed by atoms with Crippen molar-refractivity contribution in [2.45, 2.75) is 19.8 Å². The van der Waals surface area contributed by atoms with Crippen molar-refractivity contribution in [3.05, 3.63) is 29.3 Å². The van der Waals surface area contributed by atoms with Crippen molar-refractivity contribution >= 4 is 17.6 Å². The summed E-state index contributed by atoms with van der Waals surface area (Å²) < 4.78 is 9.54. The number of methoxy groups -OCH3 is 1. The molecule has 0 unspecified atom stereocenters. The number of benzene rings is 1. The lowest BCUT2D eigenvalue weighted by molar-refractivity contribution is -0.140. The molecule has 0 aromatic heterocycles. The van der Waals surface area contributed by atoms with Crippen LogP contribution in [-0.4, -0.2) is 25.7 Å². The summed E-state index contributed by atoms with van der Waals surface area (Å²) in [7, 11) is 1.33. The van der Waals surface area contributed by atoms with Gasteiger partial charge in [-0.1, -0.05) is 0 Å². The van der Waals surface area contributed by atoms with Crippen molar-refractivity contribution < 1.29 is 19.1 Å². The van der Waals surface area contributed by atoms with Gasteiger partial charge in [-0.3, -0.25) is 4.79 Å². The van der Waals surface area contributed by atoms with E-state index in [0.29, 0.717) is 17.7 Å². The Kier molecular flexibility index (Phi) is 5.17. The molecular formula is C13H17NO4. The Morgan fingerprint density at radius 1 is 1.33 bits per heavy atom. The van der Waals surface area contributed by atoms with Gasteiger partial charge in [0.2, 0.25) is 0 Å². The lowest BCUT2D eigenvalue weighted by Gasteiger charge is -2.07. The predicted octanol–water partition coefficient (Wildman–Crippen LogP) is 1.69. The fourth-order valence-electron chi connectivity index (χ4n) is 1.48. The molecule has 0 fully saturated rings. The number of ether oxygens (including phenoxy) is 2.